The van der Waals surface area contributed by atoms with Crippen molar-refractivity contribution in [2.75, 3.05) is 13.1 Å². The molecule has 0 saturated carbocycles. The minimum atomic E-state index is -0.414. The first-order chi connectivity index (χ1) is 9.08. The van der Waals surface area contributed by atoms with Crippen molar-refractivity contribution in [1.82, 2.24) is 4.90 Å². The number of halogens is 1. The van der Waals surface area contributed by atoms with Gasteiger partial charge in [-0.1, -0.05) is 30.7 Å². The summed E-state index contributed by atoms with van der Waals surface area (Å²) in [7, 11) is 0. The monoisotopic (exact) mass is 281 g/mol. The van der Waals surface area contributed by atoms with E-state index >= 15 is 0 Å². The lowest BCUT2D eigenvalue weighted by atomic mass is 9.91. The Morgan fingerprint density at radius 3 is 2.95 bits per heavy atom. The molecule has 3 unspecified atom stereocenters. The third-order valence-corrected chi connectivity index (χ3v) is 4.66. The van der Waals surface area contributed by atoms with Gasteiger partial charge in [0.2, 0.25) is 0 Å². The fraction of sp³-hybridized carbons (Fsp3) is 0.625. The van der Waals surface area contributed by atoms with Gasteiger partial charge in [0.15, 0.2) is 0 Å². The fourth-order valence-corrected chi connectivity index (χ4v) is 3.10. The summed E-state index contributed by atoms with van der Waals surface area (Å²) < 4.78 is 0. The molecule has 1 N–H and O–H groups in total. The van der Waals surface area contributed by atoms with Gasteiger partial charge >= 0.3 is 0 Å². The molecule has 0 bridgehead atoms. The molecule has 2 nitrogen and oxygen atoms in total. The van der Waals surface area contributed by atoms with Gasteiger partial charge in [0.05, 0.1) is 6.10 Å². The summed E-state index contributed by atoms with van der Waals surface area (Å²) in [5, 5.41) is 10.9. The van der Waals surface area contributed by atoms with E-state index < -0.39 is 6.10 Å². The number of hydrogen-bond donors (Lipinski definition) is 1. The Balaban J connectivity index is 1.88. The van der Waals surface area contributed by atoms with E-state index in [1.165, 1.54) is 12.8 Å². The molecule has 1 aromatic rings. The van der Waals surface area contributed by atoms with E-state index in [2.05, 4.69) is 18.7 Å². The highest BCUT2D eigenvalue weighted by molar-refractivity contribution is 6.30. The summed E-state index contributed by atoms with van der Waals surface area (Å²) in [5.74, 6) is 0.761. The van der Waals surface area contributed by atoms with E-state index in [0.29, 0.717) is 11.1 Å². The molecule has 0 radical (unpaired) electrons. The van der Waals surface area contributed by atoms with Gasteiger partial charge in [0, 0.05) is 17.6 Å². The van der Waals surface area contributed by atoms with Crippen LogP contribution in [-0.4, -0.2) is 29.1 Å². The van der Waals surface area contributed by atoms with E-state index in [1.54, 1.807) is 0 Å². The van der Waals surface area contributed by atoms with Crippen molar-refractivity contribution in [2.24, 2.45) is 5.92 Å². The first-order valence-electron chi connectivity index (χ1n) is 7.25. The zero-order valence-electron chi connectivity index (χ0n) is 11.8. The van der Waals surface area contributed by atoms with Crippen molar-refractivity contribution in [2.45, 2.75) is 45.3 Å². The maximum Gasteiger partial charge on any atom is 0.0802 e. The van der Waals surface area contributed by atoms with Gasteiger partial charge in [-0.15, -0.1) is 0 Å². The maximum absolute atomic E-state index is 10.2. The van der Waals surface area contributed by atoms with Crippen molar-refractivity contribution >= 4 is 11.6 Å². The Morgan fingerprint density at radius 2 is 2.21 bits per heavy atom. The van der Waals surface area contributed by atoms with Crippen molar-refractivity contribution in [3.63, 3.8) is 0 Å². The van der Waals surface area contributed by atoms with E-state index in [4.69, 9.17) is 11.6 Å². The Kier molecular flexibility index (Phi) is 5.26. The molecule has 1 aliphatic heterocycles. The average molecular weight is 282 g/mol. The van der Waals surface area contributed by atoms with Crippen LogP contribution in [0.5, 0.6) is 0 Å². The first kappa shape index (κ1) is 14.8. The second kappa shape index (κ2) is 6.74. The highest BCUT2D eigenvalue weighted by atomic mass is 35.5. The van der Waals surface area contributed by atoms with Crippen molar-refractivity contribution < 1.29 is 5.11 Å². The number of aliphatic hydroxyl groups excluding tert-OH is 1. The topological polar surface area (TPSA) is 23.5 Å². The zero-order valence-corrected chi connectivity index (χ0v) is 12.6. The molecule has 1 heterocycles. The molecular formula is C16H24ClNO. The molecule has 1 saturated heterocycles. The van der Waals surface area contributed by atoms with Crippen LogP contribution in [0.15, 0.2) is 24.3 Å². The van der Waals surface area contributed by atoms with Gasteiger partial charge in [-0.05, 0) is 56.3 Å². The Hall–Kier alpha value is -0.570. The zero-order chi connectivity index (χ0) is 13.8. The second-order valence-electron chi connectivity index (χ2n) is 5.76. The minimum absolute atomic E-state index is 0.414. The lowest BCUT2D eigenvalue weighted by Crippen LogP contribution is -2.43. The van der Waals surface area contributed by atoms with Gasteiger partial charge in [0.1, 0.15) is 0 Å². The molecule has 0 aliphatic carbocycles. The second-order valence-corrected chi connectivity index (χ2v) is 6.19. The molecule has 106 valence electrons. The quantitative estimate of drug-likeness (QED) is 0.905. The molecule has 0 amide bonds. The van der Waals surface area contributed by atoms with Gasteiger partial charge in [-0.2, -0.15) is 0 Å². The highest BCUT2D eigenvalue weighted by Crippen LogP contribution is 2.25. The lowest BCUT2D eigenvalue weighted by molar-refractivity contribution is 0.0840. The predicted octanol–water partition coefficient (Wildman–Crippen LogP) is 3.88. The van der Waals surface area contributed by atoms with Crippen LogP contribution < -0.4 is 0 Å². The fourth-order valence-electron chi connectivity index (χ4n) is 2.91. The minimum Gasteiger partial charge on any atom is -0.388 e. The van der Waals surface area contributed by atoms with Crippen molar-refractivity contribution in [1.29, 1.82) is 0 Å². The van der Waals surface area contributed by atoms with E-state index in [-0.39, 0.29) is 0 Å². The van der Waals surface area contributed by atoms with Crippen LogP contribution in [0.4, 0.5) is 0 Å². The summed E-state index contributed by atoms with van der Waals surface area (Å²) in [6.07, 6.45) is 2.97. The Bertz CT molecular complexity index is 409. The molecule has 0 spiro atoms. The van der Waals surface area contributed by atoms with Gasteiger partial charge < -0.3 is 10.0 Å². The Labute approximate surface area is 121 Å². The van der Waals surface area contributed by atoms with Crippen LogP contribution in [0, 0.1) is 5.92 Å². The first-order valence-corrected chi connectivity index (χ1v) is 7.63. The number of aliphatic hydroxyl groups is 1. The van der Waals surface area contributed by atoms with Crippen molar-refractivity contribution in [3.8, 4) is 0 Å². The predicted molar refractivity (Wildman–Crippen MR) is 80.5 cm³/mol. The molecular weight excluding hydrogens is 258 g/mol. The maximum atomic E-state index is 10.2. The van der Waals surface area contributed by atoms with Crippen molar-refractivity contribution in [3.05, 3.63) is 34.9 Å². The summed E-state index contributed by atoms with van der Waals surface area (Å²) >= 11 is 5.96. The van der Waals surface area contributed by atoms with Crippen LogP contribution in [0.25, 0.3) is 0 Å². The van der Waals surface area contributed by atoms with E-state index in [1.807, 2.05) is 24.3 Å². The van der Waals surface area contributed by atoms with Crippen LogP contribution in [-0.2, 0) is 0 Å². The standard InChI is InChI=1S/C16H24ClNO/c1-12-5-4-9-18(13(12)2)10-8-16(19)14-6-3-7-15(17)11-14/h3,6-7,11-13,16,19H,4-5,8-10H2,1-2H3. The summed E-state index contributed by atoms with van der Waals surface area (Å²) in [5.41, 5.74) is 0.921. The summed E-state index contributed by atoms with van der Waals surface area (Å²) in [6.45, 7) is 6.74. The molecule has 19 heavy (non-hydrogen) atoms. The molecule has 3 heteroatoms. The molecule has 0 aromatic heterocycles. The van der Waals surface area contributed by atoms with E-state index in [9.17, 15) is 5.11 Å². The molecule has 3 atom stereocenters. The van der Waals surface area contributed by atoms with Crippen LogP contribution in [0.1, 0.15) is 44.8 Å². The molecule has 1 aromatic carbocycles. The molecule has 1 fully saturated rings. The summed E-state index contributed by atoms with van der Waals surface area (Å²) in [6, 6.07) is 8.16. The smallest absolute Gasteiger partial charge is 0.0802 e. The van der Waals surface area contributed by atoms with Crippen LogP contribution in [0.2, 0.25) is 5.02 Å². The number of likely N-dealkylation sites (tertiary alicyclic amines) is 1. The third kappa shape index (κ3) is 3.95. The Morgan fingerprint density at radius 1 is 1.42 bits per heavy atom. The number of hydrogen-bond acceptors (Lipinski definition) is 2. The highest BCUT2D eigenvalue weighted by Gasteiger charge is 2.24. The normalized spacial score (nSPS) is 26.3. The van der Waals surface area contributed by atoms with Gasteiger partial charge in [-0.25, -0.2) is 0 Å². The third-order valence-electron chi connectivity index (χ3n) is 4.43. The number of benzene rings is 1. The van der Waals surface area contributed by atoms with Crippen LogP contribution in [0.3, 0.4) is 0 Å². The lowest BCUT2D eigenvalue weighted by Gasteiger charge is -2.38. The number of rotatable bonds is 4. The van der Waals surface area contributed by atoms with E-state index in [0.717, 1.165) is 31.0 Å². The number of piperidine rings is 1. The average Bonchev–Trinajstić information content (AvgIpc) is 2.40. The number of nitrogens with zero attached hydrogens (tertiary/aromatic N) is 1. The molecule has 1 aliphatic rings. The van der Waals surface area contributed by atoms with Gasteiger partial charge in [0.25, 0.3) is 0 Å². The molecule has 2 rings (SSSR count). The van der Waals surface area contributed by atoms with Gasteiger partial charge in [-0.3, -0.25) is 0 Å². The SMILES string of the molecule is CC1CCCN(CCC(O)c2cccc(Cl)c2)C1C. The summed E-state index contributed by atoms with van der Waals surface area (Å²) in [4.78, 5) is 2.50. The van der Waals surface area contributed by atoms with Crippen LogP contribution >= 0.6 is 11.6 Å². The largest absolute Gasteiger partial charge is 0.388 e.